The van der Waals surface area contributed by atoms with Crippen molar-refractivity contribution in [3.05, 3.63) is 53.6 Å². The van der Waals surface area contributed by atoms with Crippen LogP contribution in [0.3, 0.4) is 0 Å². The fourth-order valence-corrected chi connectivity index (χ4v) is 5.23. The first kappa shape index (κ1) is 19.7. The highest BCUT2D eigenvalue weighted by Crippen LogP contribution is 2.38. The molecule has 2 aliphatic heterocycles. The second kappa shape index (κ2) is 9.23. The molecule has 0 saturated carbocycles. The van der Waals surface area contributed by atoms with Crippen molar-refractivity contribution in [2.45, 2.75) is 50.6 Å². The molecule has 0 N–H and O–H groups in total. The van der Waals surface area contributed by atoms with Crippen LogP contribution in [0.15, 0.2) is 47.4 Å². The van der Waals surface area contributed by atoms with Crippen molar-refractivity contribution >= 4 is 17.4 Å². The molecule has 3 nitrogen and oxygen atoms in total. The van der Waals surface area contributed by atoms with E-state index in [-0.39, 0.29) is 0 Å². The minimum absolute atomic E-state index is 0.746. The van der Waals surface area contributed by atoms with Gasteiger partial charge in [-0.25, -0.2) is 0 Å². The van der Waals surface area contributed by atoms with Gasteiger partial charge in [0.15, 0.2) is 0 Å². The minimum atomic E-state index is 0.746. The number of thioether (sulfide) groups is 1. The number of benzene rings is 2. The first-order chi connectivity index (χ1) is 13.7. The number of aryl methyl sites for hydroxylation is 1. The van der Waals surface area contributed by atoms with E-state index in [1.807, 2.05) is 11.8 Å². The number of rotatable bonds is 7. The van der Waals surface area contributed by atoms with Crippen molar-refractivity contribution < 1.29 is 4.74 Å². The Morgan fingerprint density at radius 2 is 1.96 bits per heavy atom. The number of anilines is 1. The van der Waals surface area contributed by atoms with Crippen LogP contribution in [0.4, 0.5) is 5.69 Å². The molecule has 4 heteroatoms. The normalized spacial score (nSPS) is 19.6. The van der Waals surface area contributed by atoms with Crippen LogP contribution < -0.4 is 9.64 Å². The molecule has 1 atom stereocenters. The topological polar surface area (TPSA) is 15.7 Å². The summed E-state index contributed by atoms with van der Waals surface area (Å²) in [5, 5.41) is 0. The lowest BCUT2D eigenvalue weighted by Gasteiger charge is -2.31. The van der Waals surface area contributed by atoms with E-state index in [0.29, 0.717) is 0 Å². The third kappa shape index (κ3) is 4.84. The van der Waals surface area contributed by atoms with Gasteiger partial charge in [0.05, 0.1) is 12.3 Å². The van der Waals surface area contributed by atoms with Crippen LogP contribution in [0.25, 0.3) is 0 Å². The molecule has 1 saturated heterocycles. The number of ether oxygens (including phenoxy) is 1. The van der Waals surface area contributed by atoms with Gasteiger partial charge in [0.1, 0.15) is 5.75 Å². The molecule has 0 spiro atoms. The van der Waals surface area contributed by atoms with Crippen LogP contribution in [0.2, 0.25) is 0 Å². The Kier molecular flexibility index (Phi) is 6.48. The fraction of sp³-hybridized carbons (Fsp3) is 0.500. The van der Waals surface area contributed by atoms with E-state index in [1.165, 1.54) is 41.1 Å². The van der Waals surface area contributed by atoms with Crippen LogP contribution in [0.1, 0.15) is 37.3 Å². The van der Waals surface area contributed by atoms with Gasteiger partial charge in [-0.1, -0.05) is 29.8 Å². The van der Waals surface area contributed by atoms with Gasteiger partial charge in [0, 0.05) is 42.4 Å². The Bertz CT molecular complexity index is 777. The van der Waals surface area contributed by atoms with Gasteiger partial charge in [0.2, 0.25) is 0 Å². The molecule has 28 heavy (non-hydrogen) atoms. The van der Waals surface area contributed by atoms with Crippen LogP contribution in [0, 0.1) is 6.92 Å². The van der Waals surface area contributed by atoms with E-state index in [9.17, 15) is 0 Å². The van der Waals surface area contributed by atoms with E-state index in [4.69, 9.17) is 4.74 Å². The molecule has 2 aliphatic rings. The average molecular weight is 397 g/mol. The molecule has 150 valence electrons. The molecule has 0 amide bonds. The summed E-state index contributed by atoms with van der Waals surface area (Å²) in [4.78, 5) is 6.46. The maximum atomic E-state index is 6.12. The highest BCUT2D eigenvalue weighted by atomic mass is 32.2. The summed E-state index contributed by atoms with van der Waals surface area (Å²) < 4.78 is 6.12. The Balaban J connectivity index is 1.36. The van der Waals surface area contributed by atoms with Crippen LogP contribution in [-0.4, -0.2) is 42.9 Å². The zero-order valence-electron chi connectivity index (χ0n) is 17.2. The van der Waals surface area contributed by atoms with Gasteiger partial charge < -0.3 is 14.5 Å². The second-order valence-electron chi connectivity index (χ2n) is 8.11. The summed E-state index contributed by atoms with van der Waals surface area (Å²) in [6.07, 6.45) is 3.80. The lowest BCUT2D eigenvalue weighted by molar-refractivity contribution is 0.230. The van der Waals surface area contributed by atoms with Crippen LogP contribution in [-0.2, 0) is 6.54 Å². The van der Waals surface area contributed by atoms with Crippen molar-refractivity contribution in [2.75, 3.05) is 36.9 Å². The Hall–Kier alpha value is -1.65. The van der Waals surface area contributed by atoms with Crippen molar-refractivity contribution in [1.29, 1.82) is 0 Å². The molecular formula is C24H32N2OS. The molecule has 2 aromatic carbocycles. The molecule has 1 unspecified atom stereocenters. The standard InChI is InChI=1S/C24H32N2OS/c1-19-6-8-21(9-7-19)18-26-14-16-28-24-11-10-22(17-23(24)26)27-15-4-13-25-12-3-5-20(25)2/h6-11,17,20H,3-5,12-16,18H2,1-2H3. The van der Waals surface area contributed by atoms with E-state index >= 15 is 0 Å². The predicted molar refractivity (Wildman–Crippen MR) is 120 cm³/mol. The van der Waals surface area contributed by atoms with Gasteiger partial charge in [-0.15, -0.1) is 11.8 Å². The van der Waals surface area contributed by atoms with Crippen molar-refractivity contribution in [3.63, 3.8) is 0 Å². The second-order valence-corrected chi connectivity index (χ2v) is 9.25. The van der Waals surface area contributed by atoms with E-state index in [2.05, 4.69) is 66.1 Å². The van der Waals surface area contributed by atoms with E-state index in [1.54, 1.807) is 0 Å². The van der Waals surface area contributed by atoms with Gasteiger partial charge in [-0.05, 0) is 57.4 Å². The Labute approximate surface area is 174 Å². The fourth-order valence-electron chi connectivity index (χ4n) is 4.20. The maximum absolute atomic E-state index is 6.12. The van der Waals surface area contributed by atoms with Gasteiger partial charge >= 0.3 is 0 Å². The molecule has 4 rings (SSSR count). The third-order valence-electron chi connectivity index (χ3n) is 5.93. The maximum Gasteiger partial charge on any atom is 0.121 e. The number of hydrogen-bond acceptors (Lipinski definition) is 4. The van der Waals surface area contributed by atoms with Gasteiger partial charge in [-0.3, -0.25) is 0 Å². The van der Waals surface area contributed by atoms with Crippen molar-refractivity contribution in [3.8, 4) is 5.75 Å². The summed E-state index contributed by atoms with van der Waals surface area (Å²) in [7, 11) is 0. The van der Waals surface area contributed by atoms with E-state index in [0.717, 1.165) is 50.2 Å². The molecule has 0 radical (unpaired) electrons. The lowest BCUT2D eigenvalue weighted by atomic mass is 10.1. The molecule has 0 aromatic heterocycles. The average Bonchev–Trinajstić information content (AvgIpc) is 3.12. The summed E-state index contributed by atoms with van der Waals surface area (Å²) in [6.45, 7) is 9.74. The lowest BCUT2D eigenvalue weighted by Crippen LogP contribution is -2.29. The quantitative estimate of drug-likeness (QED) is 0.585. The van der Waals surface area contributed by atoms with Gasteiger partial charge in [-0.2, -0.15) is 0 Å². The molecule has 1 fully saturated rings. The molecule has 0 aliphatic carbocycles. The smallest absolute Gasteiger partial charge is 0.121 e. The molecule has 0 bridgehead atoms. The monoisotopic (exact) mass is 396 g/mol. The molecular weight excluding hydrogens is 364 g/mol. The summed E-state index contributed by atoms with van der Waals surface area (Å²) in [5.74, 6) is 2.15. The zero-order chi connectivity index (χ0) is 19.3. The summed E-state index contributed by atoms with van der Waals surface area (Å²) in [5.41, 5.74) is 4.01. The van der Waals surface area contributed by atoms with Crippen molar-refractivity contribution in [2.24, 2.45) is 0 Å². The number of nitrogens with zero attached hydrogens (tertiary/aromatic N) is 2. The first-order valence-electron chi connectivity index (χ1n) is 10.6. The number of likely N-dealkylation sites (tertiary alicyclic amines) is 1. The Morgan fingerprint density at radius 3 is 2.75 bits per heavy atom. The molecule has 2 aromatic rings. The largest absolute Gasteiger partial charge is 0.493 e. The minimum Gasteiger partial charge on any atom is -0.493 e. The number of fused-ring (bicyclic) bond motifs is 1. The highest BCUT2D eigenvalue weighted by molar-refractivity contribution is 7.99. The predicted octanol–water partition coefficient (Wildman–Crippen LogP) is 5.36. The first-order valence-corrected chi connectivity index (χ1v) is 11.6. The Morgan fingerprint density at radius 1 is 1.11 bits per heavy atom. The van der Waals surface area contributed by atoms with Crippen molar-refractivity contribution in [1.82, 2.24) is 4.90 Å². The molecule has 2 heterocycles. The highest BCUT2D eigenvalue weighted by Gasteiger charge is 2.20. The zero-order valence-corrected chi connectivity index (χ0v) is 18.0. The van der Waals surface area contributed by atoms with Crippen LogP contribution >= 0.6 is 11.8 Å². The number of hydrogen-bond donors (Lipinski definition) is 0. The van der Waals surface area contributed by atoms with Crippen LogP contribution in [0.5, 0.6) is 5.75 Å². The summed E-state index contributed by atoms with van der Waals surface area (Å²) in [6, 6.07) is 16.3. The third-order valence-corrected chi connectivity index (χ3v) is 6.98. The van der Waals surface area contributed by atoms with Gasteiger partial charge in [0.25, 0.3) is 0 Å². The summed E-state index contributed by atoms with van der Waals surface area (Å²) >= 11 is 1.96. The van der Waals surface area contributed by atoms with E-state index < -0.39 is 0 Å². The SMILES string of the molecule is Cc1ccc(CN2CCSc3ccc(OCCCN4CCCC4C)cc32)cc1.